The molecule has 0 aromatic carbocycles. The molecule has 3 atom stereocenters. The topological polar surface area (TPSA) is 110 Å². The van der Waals surface area contributed by atoms with Gasteiger partial charge in [-0.2, -0.15) is 0 Å². The van der Waals surface area contributed by atoms with Crippen molar-refractivity contribution in [3.05, 3.63) is 12.2 Å². The number of aliphatic hydroxyl groups is 4. The Morgan fingerprint density at radius 1 is 0.429 bits per heavy atom. The van der Waals surface area contributed by atoms with E-state index in [1.54, 1.807) is 6.08 Å². The Morgan fingerprint density at radius 2 is 0.732 bits per heavy atom. The van der Waals surface area contributed by atoms with Gasteiger partial charge in [0.2, 0.25) is 5.91 Å². The fraction of sp³-hybridized carbons (Fsp3) is 0.940. The van der Waals surface area contributed by atoms with E-state index in [1.165, 1.54) is 218 Å². The van der Waals surface area contributed by atoms with Gasteiger partial charge in [-0.05, 0) is 19.3 Å². The van der Waals surface area contributed by atoms with Crippen molar-refractivity contribution in [2.75, 3.05) is 13.2 Å². The summed E-state index contributed by atoms with van der Waals surface area (Å²) in [7, 11) is 0. The third-order valence-electron chi connectivity index (χ3n) is 11.9. The van der Waals surface area contributed by atoms with Gasteiger partial charge in [0.1, 0.15) is 0 Å². The third kappa shape index (κ3) is 42.7. The maximum absolute atomic E-state index is 12.4. The normalized spacial score (nSPS) is 13.4. The molecular weight excluding hydrogens is 695 g/mol. The number of carbonyl (C=O) groups is 1. The van der Waals surface area contributed by atoms with Crippen LogP contribution in [0.4, 0.5) is 0 Å². The molecule has 0 aliphatic carbocycles. The van der Waals surface area contributed by atoms with E-state index >= 15 is 0 Å². The second kappa shape index (κ2) is 46.7. The van der Waals surface area contributed by atoms with E-state index < -0.39 is 18.2 Å². The number of nitrogens with one attached hydrogen (secondary N) is 1. The average molecular weight is 794 g/mol. The lowest BCUT2D eigenvalue weighted by molar-refractivity contribution is -0.123. The molecule has 6 heteroatoms. The summed E-state index contributed by atoms with van der Waals surface area (Å²) in [4.78, 5) is 12.4. The molecule has 0 saturated heterocycles. The average Bonchev–Trinajstić information content (AvgIpc) is 3.20. The minimum absolute atomic E-state index is 0.126. The Hall–Kier alpha value is -0.950. The van der Waals surface area contributed by atoms with Gasteiger partial charge in [0.15, 0.2) is 0 Å². The molecule has 0 rings (SSSR count). The number of amides is 1. The Labute approximate surface area is 349 Å². The van der Waals surface area contributed by atoms with E-state index in [-0.39, 0.29) is 12.5 Å². The first kappa shape index (κ1) is 55.0. The number of hydrogen-bond donors (Lipinski definition) is 5. The van der Waals surface area contributed by atoms with Crippen LogP contribution in [0.1, 0.15) is 270 Å². The van der Waals surface area contributed by atoms with E-state index in [4.69, 9.17) is 5.11 Å². The van der Waals surface area contributed by atoms with Crippen LogP contribution in [0.15, 0.2) is 12.2 Å². The van der Waals surface area contributed by atoms with Crippen molar-refractivity contribution in [2.45, 2.75) is 288 Å². The van der Waals surface area contributed by atoms with Crippen LogP contribution < -0.4 is 5.32 Å². The summed E-state index contributed by atoms with van der Waals surface area (Å²) in [6, 6.07) is -0.742. The lowest BCUT2D eigenvalue weighted by atomic mass is 10.0. The zero-order chi connectivity index (χ0) is 40.8. The van der Waals surface area contributed by atoms with Gasteiger partial charge in [0.25, 0.3) is 0 Å². The van der Waals surface area contributed by atoms with Gasteiger partial charge in [0, 0.05) is 13.0 Å². The monoisotopic (exact) mass is 794 g/mol. The zero-order valence-corrected chi connectivity index (χ0v) is 37.5. The van der Waals surface area contributed by atoms with Gasteiger partial charge < -0.3 is 25.7 Å². The van der Waals surface area contributed by atoms with Crippen molar-refractivity contribution in [3.8, 4) is 0 Å². The van der Waals surface area contributed by atoms with E-state index in [0.717, 1.165) is 38.5 Å². The molecule has 334 valence electrons. The summed E-state index contributed by atoms with van der Waals surface area (Å²) in [6.07, 6.45) is 53.8. The van der Waals surface area contributed by atoms with Crippen molar-refractivity contribution < 1.29 is 25.2 Å². The molecule has 0 radical (unpaired) electrons. The van der Waals surface area contributed by atoms with Crippen LogP contribution in [-0.4, -0.2) is 57.8 Å². The van der Waals surface area contributed by atoms with Crippen molar-refractivity contribution in [1.29, 1.82) is 0 Å². The van der Waals surface area contributed by atoms with Gasteiger partial charge >= 0.3 is 0 Å². The molecule has 1 amide bonds. The van der Waals surface area contributed by atoms with Crippen molar-refractivity contribution in [3.63, 3.8) is 0 Å². The maximum atomic E-state index is 12.4. The Balaban J connectivity index is 3.47. The Morgan fingerprint density at radius 3 is 1.05 bits per heavy atom. The lowest BCUT2D eigenvalue weighted by Gasteiger charge is -2.20. The second-order valence-corrected chi connectivity index (χ2v) is 17.5. The number of carbonyl (C=O) groups excluding carboxylic acids is 1. The molecule has 0 fully saturated rings. The summed E-state index contributed by atoms with van der Waals surface area (Å²) < 4.78 is 0. The van der Waals surface area contributed by atoms with Crippen LogP contribution in [-0.2, 0) is 4.79 Å². The largest absolute Gasteiger partial charge is 0.396 e. The quantitative estimate of drug-likeness (QED) is 0.0311. The van der Waals surface area contributed by atoms with Crippen LogP contribution in [0.3, 0.4) is 0 Å². The molecular formula is C50H99NO5. The first-order chi connectivity index (χ1) is 27.5. The summed E-state index contributed by atoms with van der Waals surface area (Å²) in [5, 5.41) is 42.1. The van der Waals surface area contributed by atoms with Crippen LogP contribution in [0, 0.1) is 0 Å². The highest BCUT2D eigenvalue weighted by Crippen LogP contribution is 2.17. The number of hydrogen-bond acceptors (Lipinski definition) is 5. The molecule has 0 aliphatic heterocycles. The molecule has 0 aromatic rings. The predicted molar refractivity (Wildman–Crippen MR) is 242 cm³/mol. The SMILES string of the molecule is CCCCCCCCCCCC[C@@H](O)/C=C/[C@@H](O)[C@H](CO)NC(=O)CCCCCCCCCCCCCCCCCCCCCCCCCCCCCCCO. The van der Waals surface area contributed by atoms with Gasteiger partial charge in [-0.15, -0.1) is 0 Å². The van der Waals surface area contributed by atoms with Gasteiger partial charge in [-0.25, -0.2) is 0 Å². The standard InChI is InChI=1S/C50H99NO5/c1-2-3-4-5-6-7-29-32-35-38-41-47(54)43-44-49(55)48(46-53)51-50(56)42-39-36-33-30-27-25-23-21-19-17-15-13-11-9-8-10-12-14-16-18-20-22-24-26-28-31-34-37-40-45-52/h43-44,47-49,52-55H,2-42,45-46H2,1H3,(H,51,56)/b44-43+/t47-,48+,49-/m1/s1. The predicted octanol–water partition coefficient (Wildman–Crippen LogP) is 13.7. The minimum atomic E-state index is -1.01. The summed E-state index contributed by atoms with van der Waals surface area (Å²) in [6.45, 7) is 2.28. The number of aliphatic hydroxyl groups excluding tert-OH is 4. The molecule has 0 saturated carbocycles. The first-order valence-corrected chi connectivity index (χ1v) is 25.1. The fourth-order valence-electron chi connectivity index (χ4n) is 8.00. The summed E-state index contributed by atoms with van der Waals surface area (Å²) in [5.74, 6) is -0.126. The smallest absolute Gasteiger partial charge is 0.220 e. The Kier molecular flexibility index (Phi) is 45.9. The molecule has 0 aromatic heterocycles. The van der Waals surface area contributed by atoms with Crippen LogP contribution >= 0.6 is 0 Å². The molecule has 6 nitrogen and oxygen atoms in total. The molecule has 0 bridgehead atoms. The van der Waals surface area contributed by atoms with E-state index in [2.05, 4.69) is 12.2 Å². The highest BCUT2D eigenvalue weighted by atomic mass is 16.3. The van der Waals surface area contributed by atoms with Crippen LogP contribution in [0.25, 0.3) is 0 Å². The van der Waals surface area contributed by atoms with E-state index in [1.807, 2.05) is 0 Å². The third-order valence-corrected chi connectivity index (χ3v) is 11.9. The summed E-state index contributed by atoms with van der Waals surface area (Å²) >= 11 is 0. The van der Waals surface area contributed by atoms with Gasteiger partial charge in [-0.1, -0.05) is 257 Å². The van der Waals surface area contributed by atoms with Crippen LogP contribution in [0.2, 0.25) is 0 Å². The maximum Gasteiger partial charge on any atom is 0.220 e. The first-order valence-electron chi connectivity index (χ1n) is 25.1. The van der Waals surface area contributed by atoms with Crippen molar-refractivity contribution >= 4 is 5.91 Å². The molecule has 0 heterocycles. The van der Waals surface area contributed by atoms with E-state index in [0.29, 0.717) is 19.4 Å². The van der Waals surface area contributed by atoms with E-state index in [9.17, 15) is 20.1 Å². The summed E-state index contributed by atoms with van der Waals surface area (Å²) in [5.41, 5.74) is 0. The molecule has 0 spiro atoms. The minimum Gasteiger partial charge on any atom is -0.396 e. The zero-order valence-electron chi connectivity index (χ0n) is 37.5. The van der Waals surface area contributed by atoms with Crippen molar-refractivity contribution in [1.82, 2.24) is 5.32 Å². The number of rotatable bonds is 47. The fourth-order valence-corrected chi connectivity index (χ4v) is 8.00. The number of unbranched alkanes of at least 4 members (excludes halogenated alkanes) is 37. The van der Waals surface area contributed by atoms with Gasteiger partial charge in [-0.3, -0.25) is 4.79 Å². The van der Waals surface area contributed by atoms with Gasteiger partial charge in [0.05, 0.1) is 24.9 Å². The molecule has 0 aliphatic rings. The van der Waals surface area contributed by atoms with Crippen molar-refractivity contribution in [2.24, 2.45) is 0 Å². The highest BCUT2D eigenvalue weighted by molar-refractivity contribution is 5.76. The molecule has 0 unspecified atom stereocenters. The molecule has 56 heavy (non-hydrogen) atoms. The lowest BCUT2D eigenvalue weighted by Crippen LogP contribution is -2.45. The Bertz CT molecular complexity index is 791. The van der Waals surface area contributed by atoms with Crippen LogP contribution in [0.5, 0.6) is 0 Å². The highest BCUT2D eigenvalue weighted by Gasteiger charge is 2.18. The molecule has 5 N–H and O–H groups in total. The second-order valence-electron chi connectivity index (χ2n) is 17.5.